The molecule has 0 aliphatic rings. The molecule has 0 saturated heterocycles. The summed E-state index contributed by atoms with van der Waals surface area (Å²) in [5.74, 6) is 2.44. The number of nitrogens with zero attached hydrogens (tertiary/aromatic N) is 3. The first-order chi connectivity index (χ1) is 12.6. The smallest absolute Gasteiger partial charge is 0.191 e. The highest BCUT2D eigenvalue weighted by Gasteiger charge is 2.14. The molecule has 2 aromatic carbocycles. The van der Waals surface area contributed by atoms with Gasteiger partial charge in [0, 0.05) is 27.2 Å². The molecule has 0 aliphatic carbocycles. The van der Waals surface area contributed by atoms with Crippen molar-refractivity contribution in [2.24, 2.45) is 0 Å². The van der Waals surface area contributed by atoms with Gasteiger partial charge in [-0.05, 0) is 43.7 Å². The van der Waals surface area contributed by atoms with Crippen molar-refractivity contribution >= 4 is 46.7 Å². The Bertz CT molecular complexity index is 859. The molecule has 136 valence electrons. The van der Waals surface area contributed by atoms with Gasteiger partial charge in [-0.25, -0.2) is 0 Å². The fraction of sp³-hybridized carbons (Fsp3) is 0.263. The Balaban J connectivity index is 1.68. The maximum absolute atomic E-state index is 6.26. The Morgan fingerprint density at radius 3 is 2.27 bits per heavy atom. The molecule has 0 aliphatic heterocycles. The molecule has 0 saturated carbocycles. The van der Waals surface area contributed by atoms with Gasteiger partial charge in [0.1, 0.15) is 5.82 Å². The zero-order valence-electron chi connectivity index (χ0n) is 14.6. The van der Waals surface area contributed by atoms with E-state index in [4.69, 9.17) is 23.2 Å². The average molecular weight is 424 g/mol. The predicted octanol–water partition coefficient (Wildman–Crippen LogP) is 6.50. The summed E-state index contributed by atoms with van der Waals surface area (Å²) in [6.07, 6.45) is 0. The topological polar surface area (TPSA) is 30.7 Å². The Kier molecular flexibility index (Phi) is 6.92. The number of hydrogen-bond acceptors (Lipinski definition) is 4. The van der Waals surface area contributed by atoms with Crippen LogP contribution in [0.4, 0.5) is 0 Å². The van der Waals surface area contributed by atoms with Gasteiger partial charge in [0.05, 0.1) is 5.75 Å². The van der Waals surface area contributed by atoms with Crippen LogP contribution in [0.25, 0.3) is 0 Å². The molecule has 0 bridgehead atoms. The minimum atomic E-state index is 0.668. The van der Waals surface area contributed by atoms with Crippen LogP contribution in [-0.2, 0) is 18.1 Å². The van der Waals surface area contributed by atoms with Gasteiger partial charge in [-0.15, -0.1) is 22.0 Å². The fourth-order valence-corrected chi connectivity index (χ4v) is 5.04. The van der Waals surface area contributed by atoms with Gasteiger partial charge in [-0.2, -0.15) is 0 Å². The van der Waals surface area contributed by atoms with Crippen LogP contribution in [-0.4, -0.2) is 14.8 Å². The summed E-state index contributed by atoms with van der Waals surface area (Å²) in [6, 6.07) is 14.1. The quantitative estimate of drug-likeness (QED) is 0.405. The molecule has 0 atom stereocenters. The Hall–Kier alpha value is -1.14. The maximum atomic E-state index is 6.26. The number of rotatable bonds is 7. The molecule has 0 fully saturated rings. The minimum Gasteiger partial charge on any atom is -0.306 e. The van der Waals surface area contributed by atoms with Gasteiger partial charge in [0.15, 0.2) is 5.16 Å². The molecule has 0 N–H and O–H groups in total. The van der Waals surface area contributed by atoms with Crippen LogP contribution in [0.1, 0.15) is 23.9 Å². The van der Waals surface area contributed by atoms with Crippen molar-refractivity contribution in [3.63, 3.8) is 0 Å². The van der Waals surface area contributed by atoms with E-state index in [-0.39, 0.29) is 0 Å². The van der Waals surface area contributed by atoms with E-state index in [1.54, 1.807) is 23.5 Å². The van der Waals surface area contributed by atoms with Crippen LogP contribution >= 0.6 is 46.7 Å². The lowest BCUT2D eigenvalue weighted by Crippen LogP contribution is -2.02. The lowest BCUT2D eigenvalue weighted by molar-refractivity contribution is 0.659. The first kappa shape index (κ1) is 19.6. The molecule has 3 rings (SSSR count). The molecule has 3 nitrogen and oxygen atoms in total. The van der Waals surface area contributed by atoms with E-state index in [1.807, 2.05) is 18.2 Å². The van der Waals surface area contributed by atoms with Crippen molar-refractivity contribution < 1.29 is 0 Å². The second-order valence-electron chi connectivity index (χ2n) is 5.73. The molecule has 0 unspecified atom stereocenters. The van der Waals surface area contributed by atoms with Crippen molar-refractivity contribution in [3.8, 4) is 0 Å². The van der Waals surface area contributed by atoms with Crippen LogP contribution in [0.5, 0.6) is 0 Å². The Morgan fingerprint density at radius 2 is 1.62 bits per heavy atom. The van der Waals surface area contributed by atoms with Crippen molar-refractivity contribution in [1.82, 2.24) is 14.8 Å². The minimum absolute atomic E-state index is 0.668. The fourth-order valence-electron chi connectivity index (χ4n) is 2.44. The summed E-state index contributed by atoms with van der Waals surface area (Å²) < 4.78 is 2.15. The van der Waals surface area contributed by atoms with Crippen LogP contribution in [0, 0.1) is 6.92 Å². The van der Waals surface area contributed by atoms with Crippen LogP contribution < -0.4 is 0 Å². The molecule has 7 heteroatoms. The second kappa shape index (κ2) is 9.18. The van der Waals surface area contributed by atoms with Crippen molar-refractivity contribution in [2.45, 2.75) is 41.9 Å². The summed E-state index contributed by atoms with van der Waals surface area (Å²) in [7, 11) is 0. The lowest BCUT2D eigenvalue weighted by Gasteiger charge is -2.09. The molecule has 1 heterocycles. The van der Waals surface area contributed by atoms with Crippen LogP contribution in [0.3, 0.4) is 0 Å². The number of halogens is 2. The van der Waals surface area contributed by atoms with E-state index in [0.717, 1.165) is 28.8 Å². The third-order valence-corrected chi connectivity index (χ3v) is 6.62. The molecule has 0 spiro atoms. The Labute approximate surface area is 172 Å². The zero-order chi connectivity index (χ0) is 18.5. The van der Waals surface area contributed by atoms with E-state index < -0.39 is 0 Å². The highest BCUT2D eigenvalue weighted by molar-refractivity contribution is 7.98. The van der Waals surface area contributed by atoms with Gasteiger partial charge in [0.25, 0.3) is 0 Å². The van der Waals surface area contributed by atoms with E-state index in [0.29, 0.717) is 15.8 Å². The summed E-state index contributed by atoms with van der Waals surface area (Å²) >= 11 is 15.9. The normalized spacial score (nSPS) is 11.1. The van der Waals surface area contributed by atoms with Crippen molar-refractivity contribution in [3.05, 3.63) is 69.5 Å². The summed E-state index contributed by atoms with van der Waals surface area (Å²) in [4.78, 5) is 1.23. The molecule has 3 aromatic rings. The van der Waals surface area contributed by atoms with Gasteiger partial charge in [-0.1, -0.05) is 58.7 Å². The standard InChI is InChI=1S/C19H19Cl2N3S2/c1-3-24-18(12-25-14-9-7-13(2)8-10-14)22-23-19(24)26-11-15-16(20)5-4-6-17(15)21/h4-10H,3,11-12H2,1-2H3. The third-order valence-electron chi connectivity index (χ3n) is 3.91. The SMILES string of the molecule is CCn1c(CSc2ccc(C)cc2)nnc1SCc1c(Cl)cccc1Cl. The first-order valence-electron chi connectivity index (χ1n) is 8.25. The number of hydrogen-bond donors (Lipinski definition) is 0. The third kappa shape index (κ3) is 4.77. The molecular formula is C19H19Cl2N3S2. The molecule has 0 radical (unpaired) electrons. The lowest BCUT2D eigenvalue weighted by atomic mass is 10.2. The monoisotopic (exact) mass is 423 g/mol. The zero-order valence-corrected chi connectivity index (χ0v) is 17.7. The van der Waals surface area contributed by atoms with Crippen LogP contribution in [0.15, 0.2) is 52.5 Å². The van der Waals surface area contributed by atoms with E-state index >= 15 is 0 Å². The number of benzene rings is 2. The van der Waals surface area contributed by atoms with Gasteiger partial charge < -0.3 is 4.57 Å². The van der Waals surface area contributed by atoms with Gasteiger partial charge in [0.2, 0.25) is 0 Å². The number of aryl methyl sites for hydroxylation is 1. The van der Waals surface area contributed by atoms with Crippen molar-refractivity contribution in [2.75, 3.05) is 0 Å². The Morgan fingerprint density at radius 1 is 0.923 bits per heavy atom. The number of thioether (sulfide) groups is 2. The molecule has 1 aromatic heterocycles. The van der Waals surface area contributed by atoms with Gasteiger partial charge >= 0.3 is 0 Å². The molecule has 26 heavy (non-hydrogen) atoms. The van der Waals surface area contributed by atoms with Crippen molar-refractivity contribution in [1.29, 1.82) is 0 Å². The van der Waals surface area contributed by atoms with E-state index in [9.17, 15) is 0 Å². The highest BCUT2D eigenvalue weighted by Crippen LogP contribution is 2.32. The summed E-state index contributed by atoms with van der Waals surface area (Å²) in [5, 5.41) is 11.0. The average Bonchev–Trinajstić information content (AvgIpc) is 3.03. The first-order valence-corrected chi connectivity index (χ1v) is 11.0. The summed E-state index contributed by atoms with van der Waals surface area (Å²) in [5.41, 5.74) is 2.20. The summed E-state index contributed by atoms with van der Waals surface area (Å²) in [6.45, 7) is 5.03. The van der Waals surface area contributed by atoms with E-state index in [1.165, 1.54) is 10.5 Å². The number of aromatic nitrogens is 3. The predicted molar refractivity (Wildman–Crippen MR) is 112 cm³/mol. The van der Waals surface area contributed by atoms with Gasteiger partial charge in [-0.3, -0.25) is 0 Å². The molecule has 0 amide bonds. The van der Waals surface area contributed by atoms with E-state index in [2.05, 4.69) is 52.9 Å². The molecular weight excluding hydrogens is 405 g/mol. The second-order valence-corrected chi connectivity index (χ2v) is 8.54. The maximum Gasteiger partial charge on any atom is 0.191 e. The van der Waals surface area contributed by atoms with Crippen LogP contribution in [0.2, 0.25) is 10.0 Å². The largest absolute Gasteiger partial charge is 0.306 e. The highest BCUT2D eigenvalue weighted by atomic mass is 35.5.